The molecule has 2 saturated heterocycles. The van der Waals surface area contributed by atoms with Crippen molar-refractivity contribution in [3.63, 3.8) is 0 Å². The number of amides is 2. The molecular formula is C20H24Cl2F3N3O6. The molecule has 2 fully saturated rings. The number of nitrogens with zero attached hydrogens (tertiary/aromatic N) is 2. The van der Waals surface area contributed by atoms with Crippen LogP contribution < -0.4 is 5.73 Å². The van der Waals surface area contributed by atoms with E-state index in [0.29, 0.717) is 36.5 Å². The average Bonchev–Trinajstić information content (AvgIpc) is 2.77. The van der Waals surface area contributed by atoms with Crippen LogP contribution in [0.25, 0.3) is 0 Å². The minimum absolute atomic E-state index is 0.0266. The van der Waals surface area contributed by atoms with Crippen LogP contribution in [0.4, 0.5) is 13.2 Å². The fraction of sp³-hybridized carbons (Fsp3) is 0.550. The largest absolute Gasteiger partial charge is 0.508 e. The zero-order chi connectivity index (χ0) is 25.8. The highest BCUT2D eigenvalue weighted by atomic mass is 35.5. The van der Waals surface area contributed by atoms with Gasteiger partial charge in [0.25, 0.3) is 5.91 Å². The molecule has 2 aliphatic rings. The number of morpholine rings is 1. The van der Waals surface area contributed by atoms with E-state index in [1.807, 2.05) is 0 Å². The van der Waals surface area contributed by atoms with E-state index >= 15 is 0 Å². The lowest BCUT2D eigenvalue weighted by Gasteiger charge is -2.38. The number of hydrogen-bond acceptors (Lipinski definition) is 6. The van der Waals surface area contributed by atoms with Crippen molar-refractivity contribution in [2.24, 2.45) is 11.7 Å². The van der Waals surface area contributed by atoms with Crippen molar-refractivity contribution in [2.45, 2.75) is 31.2 Å². The highest BCUT2D eigenvalue weighted by molar-refractivity contribution is 6.42. The van der Waals surface area contributed by atoms with Gasteiger partial charge < -0.3 is 30.5 Å². The van der Waals surface area contributed by atoms with Gasteiger partial charge in [-0.25, -0.2) is 4.79 Å². The van der Waals surface area contributed by atoms with Gasteiger partial charge in [-0.1, -0.05) is 23.2 Å². The van der Waals surface area contributed by atoms with Gasteiger partial charge in [0, 0.05) is 37.8 Å². The molecule has 0 aromatic heterocycles. The third-order valence-corrected chi connectivity index (χ3v) is 6.30. The Morgan fingerprint density at radius 2 is 1.74 bits per heavy atom. The van der Waals surface area contributed by atoms with E-state index in [1.165, 1.54) is 11.0 Å². The third-order valence-electron chi connectivity index (χ3n) is 5.58. The van der Waals surface area contributed by atoms with Crippen molar-refractivity contribution in [1.29, 1.82) is 0 Å². The number of likely N-dealkylation sites (tertiary alicyclic amines) is 1. The number of alkyl halides is 3. The topological polar surface area (TPSA) is 133 Å². The van der Waals surface area contributed by atoms with Gasteiger partial charge in [-0.3, -0.25) is 9.59 Å². The van der Waals surface area contributed by atoms with Crippen LogP contribution in [0.2, 0.25) is 10.0 Å². The number of aromatic hydroxyl groups is 1. The number of phenols is 1. The van der Waals surface area contributed by atoms with Crippen LogP contribution in [0.3, 0.4) is 0 Å². The Morgan fingerprint density at radius 1 is 1.21 bits per heavy atom. The molecule has 3 rings (SSSR count). The van der Waals surface area contributed by atoms with Crippen LogP contribution in [0.15, 0.2) is 12.1 Å². The Balaban J connectivity index is 0.000000509. The molecule has 2 atom stereocenters. The number of benzene rings is 1. The maximum atomic E-state index is 12.6. The number of carboxylic acid groups (broad SMARTS) is 1. The number of carbonyl (C=O) groups is 3. The average molecular weight is 530 g/mol. The number of rotatable bonds is 3. The molecule has 14 heteroatoms. The molecule has 2 unspecified atom stereocenters. The lowest BCUT2D eigenvalue weighted by atomic mass is 9.85. The van der Waals surface area contributed by atoms with Crippen molar-refractivity contribution in [2.75, 3.05) is 33.3 Å². The SMILES string of the molecule is CN1CC(C(=O)N2CCC(C(N)c3cc(Cl)c(Cl)cc3O)CC2)OCC1=O.O=C(O)C(F)(F)F. The molecule has 9 nitrogen and oxygen atoms in total. The molecule has 0 aliphatic carbocycles. The van der Waals surface area contributed by atoms with E-state index < -0.39 is 24.3 Å². The second kappa shape index (κ2) is 11.4. The molecule has 2 amide bonds. The monoisotopic (exact) mass is 529 g/mol. The van der Waals surface area contributed by atoms with Crippen molar-refractivity contribution >= 4 is 41.0 Å². The highest BCUT2D eigenvalue weighted by Crippen LogP contribution is 2.37. The highest BCUT2D eigenvalue weighted by Gasteiger charge is 2.38. The summed E-state index contributed by atoms with van der Waals surface area (Å²) in [6.07, 6.45) is -4.29. The molecule has 190 valence electrons. The Hall–Kier alpha value is -2.28. The number of hydrogen-bond donors (Lipinski definition) is 3. The van der Waals surface area contributed by atoms with Gasteiger partial charge in [-0.05, 0) is 24.8 Å². The second-order valence-electron chi connectivity index (χ2n) is 7.89. The van der Waals surface area contributed by atoms with E-state index in [1.54, 1.807) is 18.0 Å². The first-order valence-electron chi connectivity index (χ1n) is 10.1. The van der Waals surface area contributed by atoms with Crippen LogP contribution in [0.5, 0.6) is 5.75 Å². The fourth-order valence-corrected chi connectivity index (χ4v) is 3.92. The lowest BCUT2D eigenvalue weighted by molar-refractivity contribution is -0.192. The predicted molar refractivity (Wildman–Crippen MR) is 115 cm³/mol. The van der Waals surface area contributed by atoms with Crippen LogP contribution in [-0.2, 0) is 19.1 Å². The van der Waals surface area contributed by atoms with Gasteiger partial charge in [0.2, 0.25) is 5.91 Å². The number of nitrogens with two attached hydrogens (primary N) is 1. The standard InChI is InChI=1S/C18H23Cl2N3O4.C2HF3O2/c1-22-8-15(27-9-16(22)25)18(26)23-4-2-10(3-5-23)17(21)11-6-12(19)13(20)7-14(11)24;3-2(4,5)1(6)7/h6-7,10,15,17,24H,2-5,8-9,21H2,1H3;(H,6,7). The molecule has 2 heterocycles. The maximum absolute atomic E-state index is 12.6. The normalized spacial score (nSPS) is 20.4. The van der Waals surface area contributed by atoms with Crippen molar-refractivity contribution in [1.82, 2.24) is 9.80 Å². The molecule has 1 aromatic carbocycles. The summed E-state index contributed by atoms with van der Waals surface area (Å²) in [4.78, 5) is 36.3. The molecule has 0 spiro atoms. The summed E-state index contributed by atoms with van der Waals surface area (Å²) in [7, 11) is 1.67. The van der Waals surface area contributed by atoms with E-state index in [9.17, 15) is 27.9 Å². The molecule has 0 radical (unpaired) electrons. The third kappa shape index (κ3) is 7.11. The lowest BCUT2D eigenvalue weighted by Crippen LogP contribution is -2.53. The Morgan fingerprint density at radius 3 is 2.24 bits per heavy atom. The molecule has 34 heavy (non-hydrogen) atoms. The van der Waals surface area contributed by atoms with Crippen LogP contribution >= 0.6 is 23.2 Å². The van der Waals surface area contributed by atoms with Gasteiger partial charge in [-0.2, -0.15) is 13.2 Å². The molecule has 2 aliphatic heterocycles. The minimum Gasteiger partial charge on any atom is -0.508 e. The van der Waals surface area contributed by atoms with Crippen molar-refractivity contribution in [3.8, 4) is 5.75 Å². The molecule has 1 aromatic rings. The predicted octanol–water partition coefficient (Wildman–Crippen LogP) is 2.43. The molecule has 4 N–H and O–H groups in total. The van der Waals surface area contributed by atoms with Gasteiger partial charge in [0.1, 0.15) is 12.4 Å². The molecule has 0 bridgehead atoms. The molecular weight excluding hydrogens is 506 g/mol. The summed E-state index contributed by atoms with van der Waals surface area (Å²) in [5.74, 6) is -2.84. The van der Waals surface area contributed by atoms with Gasteiger partial charge in [-0.15, -0.1) is 0 Å². The zero-order valence-corrected chi connectivity index (χ0v) is 19.5. The number of piperidine rings is 1. The Kier molecular flexibility index (Phi) is 9.40. The van der Waals surface area contributed by atoms with E-state index in [0.717, 1.165) is 0 Å². The van der Waals surface area contributed by atoms with Crippen LogP contribution in [0, 0.1) is 5.92 Å². The maximum Gasteiger partial charge on any atom is 0.490 e. The summed E-state index contributed by atoms with van der Waals surface area (Å²) in [5, 5.41) is 17.9. The summed E-state index contributed by atoms with van der Waals surface area (Å²) in [5.41, 5.74) is 6.91. The smallest absolute Gasteiger partial charge is 0.490 e. The number of aliphatic carboxylic acids is 1. The zero-order valence-electron chi connectivity index (χ0n) is 18.0. The van der Waals surface area contributed by atoms with Crippen LogP contribution in [0.1, 0.15) is 24.4 Å². The quantitative estimate of drug-likeness (QED) is 0.547. The second-order valence-corrected chi connectivity index (χ2v) is 8.70. The number of carbonyl (C=O) groups excluding carboxylic acids is 2. The minimum atomic E-state index is -5.08. The summed E-state index contributed by atoms with van der Waals surface area (Å²) < 4.78 is 37.1. The first-order chi connectivity index (χ1) is 15.7. The van der Waals surface area contributed by atoms with E-state index in [2.05, 4.69) is 0 Å². The van der Waals surface area contributed by atoms with Gasteiger partial charge >= 0.3 is 12.1 Å². The van der Waals surface area contributed by atoms with E-state index in [-0.39, 0.29) is 41.7 Å². The van der Waals surface area contributed by atoms with Gasteiger partial charge in [0.15, 0.2) is 6.10 Å². The summed E-state index contributed by atoms with van der Waals surface area (Å²) >= 11 is 12.0. The fourth-order valence-electron chi connectivity index (χ4n) is 3.59. The number of halogens is 5. The number of carboxylic acids is 1. The number of phenolic OH excluding ortho intramolecular Hbond substituents is 1. The van der Waals surface area contributed by atoms with Crippen molar-refractivity contribution < 1.29 is 42.5 Å². The van der Waals surface area contributed by atoms with Crippen LogP contribution in [-0.4, -0.2) is 83.4 Å². The Labute approximate surface area is 203 Å². The van der Waals surface area contributed by atoms with Crippen molar-refractivity contribution in [3.05, 3.63) is 27.7 Å². The van der Waals surface area contributed by atoms with Gasteiger partial charge in [0.05, 0.1) is 16.6 Å². The summed E-state index contributed by atoms with van der Waals surface area (Å²) in [6.45, 7) is 1.31. The first kappa shape index (κ1) is 28.0. The number of likely N-dealkylation sites (N-methyl/N-ethyl adjacent to an activating group) is 1. The molecule has 0 saturated carbocycles. The summed E-state index contributed by atoms with van der Waals surface area (Å²) in [6, 6.07) is 2.60. The van der Waals surface area contributed by atoms with E-state index in [4.69, 9.17) is 43.6 Å². The first-order valence-corrected chi connectivity index (χ1v) is 10.9. The number of ether oxygens (including phenoxy) is 1. The Bertz CT molecular complexity index is 926.